The quantitative estimate of drug-likeness (QED) is 0.510. The van der Waals surface area contributed by atoms with Crippen LogP contribution in [0.25, 0.3) is 11.3 Å². The fraction of sp³-hybridized carbons (Fsp3) is 0.333. The number of halogens is 3. The summed E-state index contributed by atoms with van der Waals surface area (Å²) in [6, 6.07) is 9.36. The Morgan fingerprint density at radius 3 is 2.75 bits per heavy atom. The number of ether oxygens (including phenoxy) is 2. The zero-order valence-electron chi connectivity index (χ0n) is 17.0. The number of nitrogens with zero attached hydrogens (tertiary/aromatic N) is 3. The number of benzene rings is 1. The number of morpholine rings is 1. The normalized spacial score (nSPS) is 16.8. The van der Waals surface area contributed by atoms with Gasteiger partial charge in [-0.05, 0) is 42.0 Å². The van der Waals surface area contributed by atoms with E-state index in [0.717, 1.165) is 22.6 Å². The van der Waals surface area contributed by atoms with Crippen LogP contribution in [0.3, 0.4) is 0 Å². The molecule has 170 valence electrons. The minimum absolute atomic E-state index is 0.0648. The Balaban J connectivity index is 1.50. The van der Waals surface area contributed by atoms with E-state index < -0.39 is 6.36 Å². The highest BCUT2D eigenvalue weighted by molar-refractivity contribution is 5.74. The first-order chi connectivity index (χ1) is 15.4. The smallest absolute Gasteiger partial charge is 0.406 e. The van der Waals surface area contributed by atoms with Crippen LogP contribution in [0.4, 0.5) is 24.7 Å². The van der Waals surface area contributed by atoms with Gasteiger partial charge in [-0.25, -0.2) is 4.98 Å². The van der Waals surface area contributed by atoms with Crippen LogP contribution in [0, 0.1) is 0 Å². The number of aromatic amines is 1. The summed E-state index contributed by atoms with van der Waals surface area (Å²) in [5, 5.41) is 19.6. The molecule has 0 bridgehead atoms. The summed E-state index contributed by atoms with van der Waals surface area (Å²) in [4.78, 5) is 6.72. The van der Waals surface area contributed by atoms with Crippen molar-refractivity contribution in [2.45, 2.75) is 19.0 Å². The summed E-state index contributed by atoms with van der Waals surface area (Å²) >= 11 is 0. The molecule has 1 saturated heterocycles. The van der Waals surface area contributed by atoms with Crippen molar-refractivity contribution in [2.24, 2.45) is 0 Å². The van der Waals surface area contributed by atoms with Crippen LogP contribution in [-0.4, -0.2) is 59.1 Å². The molecular formula is C21H22F3N5O3. The highest BCUT2D eigenvalue weighted by Gasteiger charge is 2.31. The van der Waals surface area contributed by atoms with Gasteiger partial charge in [-0.3, -0.25) is 5.10 Å². The van der Waals surface area contributed by atoms with Crippen molar-refractivity contribution in [1.29, 1.82) is 0 Å². The molecule has 1 unspecified atom stereocenters. The van der Waals surface area contributed by atoms with E-state index in [1.807, 2.05) is 12.1 Å². The maximum absolute atomic E-state index is 12.3. The third-order valence-electron chi connectivity index (χ3n) is 4.94. The van der Waals surface area contributed by atoms with E-state index in [9.17, 15) is 18.3 Å². The summed E-state index contributed by atoms with van der Waals surface area (Å²) < 4.78 is 46.3. The van der Waals surface area contributed by atoms with Crippen molar-refractivity contribution in [3.8, 4) is 17.0 Å². The molecule has 0 saturated carbocycles. The first kappa shape index (κ1) is 21.9. The molecule has 0 spiro atoms. The van der Waals surface area contributed by atoms with Crippen LogP contribution < -0.4 is 15.0 Å². The maximum Gasteiger partial charge on any atom is 0.573 e. The average Bonchev–Trinajstić information content (AvgIpc) is 3.32. The lowest BCUT2D eigenvalue weighted by molar-refractivity contribution is -0.274. The molecule has 1 fully saturated rings. The number of aliphatic hydroxyl groups excluding tert-OH is 1. The highest BCUT2D eigenvalue weighted by atomic mass is 19.4. The number of rotatable bonds is 7. The molecule has 1 aliphatic rings. The summed E-state index contributed by atoms with van der Waals surface area (Å²) in [6.07, 6.45) is -1.59. The van der Waals surface area contributed by atoms with Gasteiger partial charge in [-0.1, -0.05) is 0 Å². The van der Waals surface area contributed by atoms with Gasteiger partial charge in [0.15, 0.2) is 0 Å². The van der Waals surface area contributed by atoms with Gasteiger partial charge in [0.05, 0.1) is 25.0 Å². The molecule has 32 heavy (non-hydrogen) atoms. The topological polar surface area (TPSA) is 95.5 Å². The number of aliphatic hydroxyl groups is 1. The summed E-state index contributed by atoms with van der Waals surface area (Å²) in [6.45, 7) is 2.01. The van der Waals surface area contributed by atoms with E-state index in [2.05, 4.69) is 30.1 Å². The molecule has 3 aromatic rings. The maximum atomic E-state index is 12.3. The lowest BCUT2D eigenvalue weighted by Gasteiger charge is -2.34. The second-order valence-electron chi connectivity index (χ2n) is 7.23. The van der Waals surface area contributed by atoms with E-state index in [4.69, 9.17) is 4.74 Å². The molecular weight excluding hydrogens is 427 g/mol. The van der Waals surface area contributed by atoms with Crippen LogP contribution in [0.5, 0.6) is 5.75 Å². The Hall–Kier alpha value is -3.31. The van der Waals surface area contributed by atoms with Gasteiger partial charge in [-0.2, -0.15) is 5.10 Å². The van der Waals surface area contributed by atoms with Crippen molar-refractivity contribution in [3.63, 3.8) is 0 Å². The average molecular weight is 449 g/mol. The minimum atomic E-state index is -4.72. The lowest BCUT2D eigenvalue weighted by atomic mass is 10.1. The fourth-order valence-electron chi connectivity index (χ4n) is 3.45. The Morgan fingerprint density at radius 1 is 1.25 bits per heavy atom. The number of H-pyrrole nitrogens is 1. The second kappa shape index (κ2) is 9.45. The molecule has 1 aliphatic heterocycles. The number of anilines is 2. The number of alkyl halides is 3. The highest BCUT2D eigenvalue weighted by Crippen LogP contribution is 2.30. The minimum Gasteiger partial charge on any atom is -0.406 e. The number of hydrogen-bond donors (Lipinski definition) is 3. The van der Waals surface area contributed by atoms with Crippen molar-refractivity contribution in [3.05, 3.63) is 54.4 Å². The molecule has 1 aromatic carbocycles. The number of hydrogen-bond acceptors (Lipinski definition) is 7. The molecule has 0 radical (unpaired) electrons. The summed E-state index contributed by atoms with van der Waals surface area (Å²) in [5.41, 5.74) is 3.18. The van der Waals surface area contributed by atoms with Gasteiger partial charge in [0.25, 0.3) is 0 Å². The third-order valence-corrected chi connectivity index (χ3v) is 4.94. The van der Waals surface area contributed by atoms with Gasteiger partial charge in [0.2, 0.25) is 0 Å². The predicted octanol–water partition coefficient (Wildman–Crippen LogP) is 3.18. The Labute approximate surface area is 182 Å². The molecule has 4 rings (SSSR count). The van der Waals surface area contributed by atoms with Gasteiger partial charge < -0.3 is 24.8 Å². The van der Waals surface area contributed by atoms with Crippen LogP contribution >= 0.6 is 0 Å². The first-order valence-electron chi connectivity index (χ1n) is 9.97. The summed E-state index contributed by atoms with van der Waals surface area (Å²) in [7, 11) is 0. The number of nitrogens with one attached hydrogen (secondary N) is 2. The van der Waals surface area contributed by atoms with E-state index in [1.165, 1.54) is 24.3 Å². The lowest BCUT2D eigenvalue weighted by Crippen LogP contribution is -2.44. The molecule has 0 amide bonds. The van der Waals surface area contributed by atoms with Crippen LogP contribution in [0.2, 0.25) is 0 Å². The molecule has 1 atom stereocenters. The van der Waals surface area contributed by atoms with E-state index in [0.29, 0.717) is 31.9 Å². The Morgan fingerprint density at radius 2 is 2.06 bits per heavy atom. The van der Waals surface area contributed by atoms with Gasteiger partial charge in [0.1, 0.15) is 11.6 Å². The van der Waals surface area contributed by atoms with E-state index in [1.54, 1.807) is 12.4 Å². The van der Waals surface area contributed by atoms with Gasteiger partial charge in [-0.15, -0.1) is 13.2 Å². The van der Waals surface area contributed by atoms with Crippen molar-refractivity contribution in [1.82, 2.24) is 15.2 Å². The fourth-order valence-corrected chi connectivity index (χ4v) is 3.45. The number of pyridine rings is 1. The Bertz CT molecular complexity index is 1010. The zero-order chi connectivity index (χ0) is 22.6. The molecule has 8 nitrogen and oxygen atoms in total. The monoisotopic (exact) mass is 449 g/mol. The molecule has 0 aliphatic carbocycles. The van der Waals surface area contributed by atoms with Gasteiger partial charge >= 0.3 is 6.36 Å². The third kappa shape index (κ3) is 5.48. The SMILES string of the molecule is OCC1CN(c2ncc(CNc3ccc(OC(F)(F)F)cc3)cc2-c2ccn[nH]2)CCO1. The van der Waals surface area contributed by atoms with Crippen LogP contribution in [-0.2, 0) is 11.3 Å². The van der Waals surface area contributed by atoms with Crippen molar-refractivity contribution >= 4 is 11.5 Å². The molecule has 3 N–H and O–H groups in total. The van der Waals surface area contributed by atoms with E-state index >= 15 is 0 Å². The van der Waals surface area contributed by atoms with Gasteiger partial charge in [0, 0.05) is 43.3 Å². The Kier molecular flexibility index (Phi) is 6.47. The molecule has 11 heteroatoms. The largest absolute Gasteiger partial charge is 0.573 e. The van der Waals surface area contributed by atoms with E-state index in [-0.39, 0.29) is 18.5 Å². The summed E-state index contributed by atoms with van der Waals surface area (Å²) in [5.74, 6) is 0.482. The molecule has 3 heterocycles. The standard InChI is InChI=1S/C21H22F3N5O3/c22-21(23,24)32-16-3-1-15(2-4-16)25-10-14-9-18(19-5-6-27-28-19)20(26-11-14)29-7-8-31-17(12-29)13-30/h1-6,9,11,17,25,30H,7-8,10,12-13H2,(H,27,28). The van der Waals surface area contributed by atoms with Crippen molar-refractivity contribution < 1.29 is 27.8 Å². The van der Waals surface area contributed by atoms with Crippen LogP contribution in [0.1, 0.15) is 5.56 Å². The first-order valence-corrected chi connectivity index (χ1v) is 9.97. The molecule has 2 aromatic heterocycles. The van der Waals surface area contributed by atoms with Crippen molar-refractivity contribution in [2.75, 3.05) is 36.5 Å². The predicted molar refractivity (Wildman–Crippen MR) is 111 cm³/mol. The second-order valence-corrected chi connectivity index (χ2v) is 7.23. The van der Waals surface area contributed by atoms with Crippen LogP contribution in [0.15, 0.2) is 48.8 Å². The number of aromatic nitrogens is 3. The zero-order valence-corrected chi connectivity index (χ0v) is 17.0.